The number of hydrogen-bond donors (Lipinski definition) is 0. The standard InChI is InChI=1S/C22H28N4O/c1-2-27-21-6-7-22-19(16-21)4-5-20(24-22)17-25-13-8-18(9-14-25)10-15-26-12-3-11-23-26/h3-7,11-12,16,18H,2,8-10,13-15,17H2,1H3. The van der Waals surface area contributed by atoms with E-state index in [2.05, 4.69) is 40.5 Å². The Morgan fingerprint density at radius 1 is 1.15 bits per heavy atom. The fraction of sp³-hybridized carbons (Fsp3) is 0.455. The Balaban J connectivity index is 1.30. The van der Waals surface area contributed by atoms with Gasteiger partial charge in [0.2, 0.25) is 0 Å². The second-order valence-electron chi connectivity index (χ2n) is 7.37. The van der Waals surface area contributed by atoms with E-state index in [1.54, 1.807) is 0 Å². The summed E-state index contributed by atoms with van der Waals surface area (Å²) in [5, 5.41) is 5.44. The van der Waals surface area contributed by atoms with Crippen molar-refractivity contribution in [2.45, 2.75) is 39.3 Å². The second-order valence-corrected chi connectivity index (χ2v) is 7.37. The first-order valence-electron chi connectivity index (χ1n) is 10.0. The maximum atomic E-state index is 5.58. The Morgan fingerprint density at radius 3 is 2.81 bits per heavy atom. The molecule has 1 aliphatic heterocycles. The van der Waals surface area contributed by atoms with Crippen LogP contribution in [0.25, 0.3) is 10.9 Å². The van der Waals surface area contributed by atoms with Gasteiger partial charge < -0.3 is 4.74 Å². The monoisotopic (exact) mass is 364 g/mol. The number of ether oxygens (including phenoxy) is 1. The highest BCUT2D eigenvalue weighted by atomic mass is 16.5. The van der Waals surface area contributed by atoms with Crippen molar-refractivity contribution in [3.63, 3.8) is 0 Å². The summed E-state index contributed by atoms with van der Waals surface area (Å²) in [6.07, 6.45) is 7.68. The molecular formula is C22H28N4O. The van der Waals surface area contributed by atoms with Gasteiger partial charge in [-0.2, -0.15) is 5.10 Å². The van der Waals surface area contributed by atoms with Crippen LogP contribution in [0.2, 0.25) is 0 Å². The highest BCUT2D eigenvalue weighted by molar-refractivity contribution is 5.80. The van der Waals surface area contributed by atoms with Crippen LogP contribution in [0.15, 0.2) is 48.8 Å². The van der Waals surface area contributed by atoms with Gasteiger partial charge in [0.15, 0.2) is 0 Å². The van der Waals surface area contributed by atoms with Gasteiger partial charge in [-0.25, -0.2) is 0 Å². The SMILES string of the molecule is CCOc1ccc2nc(CN3CCC(CCn4cccn4)CC3)ccc2c1. The molecule has 0 aliphatic carbocycles. The number of piperidine rings is 1. The molecule has 2 aromatic heterocycles. The summed E-state index contributed by atoms with van der Waals surface area (Å²) < 4.78 is 7.62. The summed E-state index contributed by atoms with van der Waals surface area (Å²) >= 11 is 0. The van der Waals surface area contributed by atoms with E-state index in [9.17, 15) is 0 Å². The van der Waals surface area contributed by atoms with Crippen LogP contribution < -0.4 is 4.74 Å². The molecule has 1 saturated heterocycles. The lowest BCUT2D eigenvalue weighted by atomic mass is 9.93. The van der Waals surface area contributed by atoms with Crippen molar-refractivity contribution >= 4 is 10.9 Å². The average molecular weight is 364 g/mol. The second kappa shape index (κ2) is 8.53. The van der Waals surface area contributed by atoms with Gasteiger partial charge in [-0.15, -0.1) is 0 Å². The van der Waals surface area contributed by atoms with Crippen molar-refractivity contribution in [2.75, 3.05) is 19.7 Å². The summed E-state index contributed by atoms with van der Waals surface area (Å²) in [4.78, 5) is 7.39. The van der Waals surface area contributed by atoms with E-state index in [4.69, 9.17) is 9.72 Å². The third-order valence-corrected chi connectivity index (χ3v) is 5.45. The van der Waals surface area contributed by atoms with Crippen molar-refractivity contribution < 1.29 is 4.74 Å². The van der Waals surface area contributed by atoms with Gasteiger partial charge >= 0.3 is 0 Å². The molecule has 142 valence electrons. The molecule has 0 radical (unpaired) electrons. The molecule has 0 bridgehead atoms. The van der Waals surface area contributed by atoms with Crippen LogP contribution in [-0.4, -0.2) is 39.4 Å². The number of pyridine rings is 1. The van der Waals surface area contributed by atoms with Crippen LogP contribution in [-0.2, 0) is 13.1 Å². The van der Waals surface area contributed by atoms with Crippen molar-refractivity contribution in [2.24, 2.45) is 5.92 Å². The highest BCUT2D eigenvalue weighted by Gasteiger charge is 2.19. The van der Waals surface area contributed by atoms with E-state index in [0.717, 1.165) is 54.4 Å². The molecule has 0 amide bonds. The number of aryl methyl sites for hydroxylation is 1. The van der Waals surface area contributed by atoms with E-state index >= 15 is 0 Å². The van der Waals surface area contributed by atoms with Gasteiger partial charge in [-0.1, -0.05) is 6.07 Å². The number of nitrogens with zero attached hydrogens (tertiary/aromatic N) is 4. The van der Waals surface area contributed by atoms with Crippen molar-refractivity contribution in [1.29, 1.82) is 0 Å². The molecule has 0 atom stereocenters. The number of hydrogen-bond acceptors (Lipinski definition) is 4. The molecular weight excluding hydrogens is 336 g/mol. The van der Waals surface area contributed by atoms with Crippen LogP contribution in [0.4, 0.5) is 0 Å². The summed E-state index contributed by atoms with van der Waals surface area (Å²) in [5.41, 5.74) is 2.20. The number of rotatable bonds is 7. The molecule has 0 spiro atoms. The minimum atomic E-state index is 0.689. The normalized spacial score (nSPS) is 16.0. The number of likely N-dealkylation sites (tertiary alicyclic amines) is 1. The Kier molecular flexibility index (Phi) is 5.68. The fourth-order valence-corrected chi connectivity index (χ4v) is 3.90. The minimum absolute atomic E-state index is 0.689. The molecule has 0 saturated carbocycles. The number of benzene rings is 1. The Hall–Kier alpha value is -2.40. The van der Waals surface area contributed by atoms with Gasteiger partial charge in [0, 0.05) is 30.9 Å². The average Bonchev–Trinajstić information content (AvgIpc) is 3.21. The van der Waals surface area contributed by atoms with Crippen molar-refractivity contribution in [3.05, 3.63) is 54.5 Å². The zero-order chi connectivity index (χ0) is 18.5. The maximum absolute atomic E-state index is 5.58. The van der Waals surface area contributed by atoms with E-state index in [1.165, 1.54) is 19.3 Å². The molecule has 5 nitrogen and oxygen atoms in total. The first kappa shape index (κ1) is 18.0. The number of fused-ring (bicyclic) bond motifs is 1. The van der Waals surface area contributed by atoms with E-state index in [-0.39, 0.29) is 0 Å². The fourth-order valence-electron chi connectivity index (χ4n) is 3.90. The first-order valence-corrected chi connectivity index (χ1v) is 10.0. The van der Waals surface area contributed by atoms with E-state index in [0.29, 0.717) is 6.61 Å². The molecule has 27 heavy (non-hydrogen) atoms. The molecule has 0 unspecified atom stereocenters. The van der Waals surface area contributed by atoms with Gasteiger partial charge in [-0.05, 0) is 75.5 Å². The predicted molar refractivity (Wildman–Crippen MR) is 108 cm³/mol. The van der Waals surface area contributed by atoms with Crippen LogP contribution >= 0.6 is 0 Å². The maximum Gasteiger partial charge on any atom is 0.120 e. The Bertz CT molecular complexity index is 854. The molecule has 3 aromatic rings. The van der Waals surface area contributed by atoms with E-state index in [1.807, 2.05) is 29.9 Å². The van der Waals surface area contributed by atoms with Crippen LogP contribution in [0.3, 0.4) is 0 Å². The van der Waals surface area contributed by atoms with Gasteiger partial charge in [0.1, 0.15) is 5.75 Å². The van der Waals surface area contributed by atoms with Crippen LogP contribution in [0, 0.1) is 5.92 Å². The Labute approximate surface area is 161 Å². The topological polar surface area (TPSA) is 43.2 Å². The minimum Gasteiger partial charge on any atom is -0.494 e. The lowest BCUT2D eigenvalue weighted by molar-refractivity contribution is 0.167. The summed E-state index contributed by atoms with van der Waals surface area (Å²) in [7, 11) is 0. The molecule has 1 fully saturated rings. The zero-order valence-corrected chi connectivity index (χ0v) is 16.1. The van der Waals surface area contributed by atoms with Gasteiger partial charge in [-0.3, -0.25) is 14.6 Å². The predicted octanol–water partition coefficient (Wildman–Crippen LogP) is 4.13. The largest absolute Gasteiger partial charge is 0.494 e. The molecule has 3 heterocycles. The molecule has 5 heteroatoms. The van der Waals surface area contributed by atoms with Crippen LogP contribution in [0.5, 0.6) is 5.75 Å². The third kappa shape index (κ3) is 4.66. The highest BCUT2D eigenvalue weighted by Crippen LogP contribution is 2.24. The quantitative estimate of drug-likeness (QED) is 0.632. The van der Waals surface area contributed by atoms with Crippen LogP contribution in [0.1, 0.15) is 31.9 Å². The van der Waals surface area contributed by atoms with E-state index < -0.39 is 0 Å². The Morgan fingerprint density at radius 2 is 2.04 bits per heavy atom. The lowest BCUT2D eigenvalue weighted by Crippen LogP contribution is -2.33. The number of aromatic nitrogens is 3. The summed E-state index contributed by atoms with van der Waals surface area (Å²) in [6, 6.07) is 12.5. The zero-order valence-electron chi connectivity index (χ0n) is 16.1. The molecule has 4 rings (SSSR count). The summed E-state index contributed by atoms with van der Waals surface area (Å²) in [5.74, 6) is 1.73. The van der Waals surface area contributed by atoms with Gasteiger partial charge in [0.05, 0.1) is 17.8 Å². The molecule has 1 aliphatic rings. The molecule has 0 N–H and O–H groups in total. The molecule has 1 aromatic carbocycles. The first-order chi connectivity index (χ1) is 13.3. The van der Waals surface area contributed by atoms with Gasteiger partial charge in [0.25, 0.3) is 0 Å². The smallest absolute Gasteiger partial charge is 0.120 e. The van der Waals surface area contributed by atoms with Crippen molar-refractivity contribution in [3.8, 4) is 5.75 Å². The lowest BCUT2D eigenvalue weighted by Gasteiger charge is -2.31. The van der Waals surface area contributed by atoms with Crippen molar-refractivity contribution in [1.82, 2.24) is 19.7 Å². The summed E-state index contributed by atoms with van der Waals surface area (Å²) in [6.45, 7) is 6.99. The third-order valence-electron chi connectivity index (χ3n) is 5.45.